The van der Waals surface area contributed by atoms with Gasteiger partial charge in [0.2, 0.25) is 0 Å². The molecule has 3 nitrogen and oxygen atoms in total. The van der Waals surface area contributed by atoms with Gasteiger partial charge in [0.15, 0.2) is 0 Å². The second kappa shape index (κ2) is 4.19. The van der Waals surface area contributed by atoms with Gasteiger partial charge in [-0.25, -0.2) is 0 Å². The van der Waals surface area contributed by atoms with Crippen LogP contribution >= 0.6 is 0 Å². The number of hydrogen-bond acceptors (Lipinski definition) is 3. The lowest BCUT2D eigenvalue weighted by atomic mass is 10.1. The molecule has 3 heteroatoms. The first-order valence-corrected chi connectivity index (χ1v) is 4.67. The van der Waals surface area contributed by atoms with Crippen LogP contribution in [0, 0.1) is 0 Å². The van der Waals surface area contributed by atoms with E-state index >= 15 is 0 Å². The topological polar surface area (TPSA) is 42.6 Å². The van der Waals surface area contributed by atoms with E-state index in [4.69, 9.17) is 9.15 Å². The van der Waals surface area contributed by atoms with Gasteiger partial charge < -0.3 is 14.3 Å². The van der Waals surface area contributed by atoms with E-state index in [0.29, 0.717) is 17.1 Å². The summed E-state index contributed by atoms with van der Waals surface area (Å²) in [6.07, 6.45) is 0.754. The molecule has 1 heterocycles. The minimum absolute atomic E-state index is 0.513. The molecule has 2 rings (SSSR count). The fraction of sp³-hybridized carbons (Fsp3) is 0.167. The quantitative estimate of drug-likeness (QED) is 0.834. The first-order chi connectivity index (χ1) is 7.33. The maximum Gasteiger partial charge on any atom is 0.140 e. The van der Waals surface area contributed by atoms with E-state index in [1.807, 2.05) is 24.3 Å². The molecule has 1 aromatic carbocycles. The molecule has 0 bridgehead atoms. The molecule has 78 valence electrons. The molecule has 0 aliphatic rings. The molecule has 2 aromatic rings. The van der Waals surface area contributed by atoms with Crippen molar-refractivity contribution in [3.8, 4) is 5.75 Å². The van der Waals surface area contributed by atoms with E-state index < -0.39 is 6.10 Å². The predicted molar refractivity (Wildman–Crippen MR) is 55.8 cm³/mol. The summed E-state index contributed by atoms with van der Waals surface area (Å²) >= 11 is 0. The molecule has 0 saturated heterocycles. The average Bonchev–Trinajstić information content (AvgIpc) is 2.81. The third-order valence-electron chi connectivity index (χ3n) is 2.25. The normalized spacial score (nSPS) is 12.4. The van der Waals surface area contributed by atoms with Crippen LogP contribution in [0.4, 0.5) is 0 Å². The van der Waals surface area contributed by atoms with Crippen molar-refractivity contribution < 1.29 is 14.3 Å². The summed E-state index contributed by atoms with van der Waals surface area (Å²) in [6, 6.07) is 10.8. The molecule has 0 radical (unpaired) electrons. The zero-order valence-corrected chi connectivity index (χ0v) is 8.38. The van der Waals surface area contributed by atoms with Crippen molar-refractivity contribution in [1.29, 1.82) is 0 Å². The molecule has 0 unspecified atom stereocenters. The van der Waals surface area contributed by atoms with E-state index in [-0.39, 0.29) is 0 Å². The summed E-state index contributed by atoms with van der Waals surface area (Å²) in [7, 11) is 1.58. The maximum absolute atomic E-state index is 10.0. The van der Waals surface area contributed by atoms with Gasteiger partial charge in [-0.15, -0.1) is 0 Å². The Hall–Kier alpha value is -1.74. The van der Waals surface area contributed by atoms with Gasteiger partial charge in [0.25, 0.3) is 0 Å². The van der Waals surface area contributed by atoms with Gasteiger partial charge in [0.05, 0.1) is 13.4 Å². The number of para-hydroxylation sites is 1. The maximum atomic E-state index is 10.0. The number of hydrogen-bond donors (Lipinski definition) is 1. The van der Waals surface area contributed by atoms with Crippen LogP contribution in [0.2, 0.25) is 0 Å². The Morgan fingerprint density at radius 1 is 1.20 bits per heavy atom. The molecule has 0 amide bonds. The molecule has 0 aliphatic carbocycles. The lowest BCUT2D eigenvalue weighted by molar-refractivity contribution is 0.185. The molecule has 0 fully saturated rings. The molecule has 0 spiro atoms. The standard InChI is InChI=1S/C12H12O3/c1-14-10-6-3-2-5-9(10)12(13)11-7-4-8-15-11/h2-8,12-13H,1H3/t12-/m0/s1. The Labute approximate surface area is 87.9 Å². The Kier molecular flexibility index (Phi) is 2.74. The number of benzene rings is 1. The molecule has 15 heavy (non-hydrogen) atoms. The van der Waals surface area contributed by atoms with Gasteiger partial charge in [-0.3, -0.25) is 0 Å². The van der Waals surface area contributed by atoms with Crippen LogP contribution in [0.25, 0.3) is 0 Å². The minimum Gasteiger partial charge on any atom is -0.496 e. The highest BCUT2D eigenvalue weighted by atomic mass is 16.5. The van der Waals surface area contributed by atoms with Gasteiger partial charge in [-0.05, 0) is 18.2 Å². The highest BCUT2D eigenvalue weighted by Gasteiger charge is 2.16. The first-order valence-electron chi connectivity index (χ1n) is 4.67. The molecule has 1 N–H and O–H groups in total. The van der Waals surface area contributed by atoms with E-state index in [9.17, 15) is 5.11 Å². The molecule has 1 atom stereocenters. The minimum atomic E-state index is -0.781. The highest BCUT2D eigenvalue weighted by molar-refractivity contribution is 5.38. The van der Waals surface area contributed by atoms with Crippen molar-refractivity contribution in [3.05, 3.63) is 54.0 Å². The third kappa shape index (κ3) is 1.87. The monoisotopic (exact) mass is 204 g/mol. The number of ether oxygens (including phenoxy) is 1. The van der Waals surface area contributed by atoms with Gasteiger partial charge in [-0.1, -0.05) is 18.2 Å². The van der Waals surface area contributed by atoms with E-state index in [0.717, 1.165) is 0 Å². The molecule has 1 aromatic heterocycles. The summed E-state index contributed by atoms with van der Waals surface area (Å²) in [5.74, 6) is 1.17. The summed E-state index contributed by atoms with van der Waals surface area (Å²) < 4.78 is 10.3. The predicted octanol–water partition coefficient (Wildman–Crippen LogP) is 2.37. The van der Waals surface area contributed by atoms with Crippen molar-refractivity contribution >= 4 is 0 Å². The fourth-order valence-electron chi connectivity index (χ4n) is 1.49. The number of rotatable bonds is 3. The Morgan fingerprint density at radius 3 is 2.67 bits per heavy atom. The Morgan fingerprint density at radius 2 is 2.00 bits per heavy atom. The SMILES string of the molecule is COc1ccccc1[C@H](O)c1ccco1. The summed E-state index contributed by atoms with van der Waals surface area (Å²) in [4.78, 5) is 0. The molecular formula is C12H12O3. The lowest BCUT2D eigenvalue weighted by Gasteiger charge is -2.12. The van der Waals surface area contributed by atoms with Crippen molar-refractivity contribution in [2.45, 2.75) is 6.10 Å². The number of aliphatic hydroxyl groups excluding tert-OH is 1. The molecule has 0 saturated carbocycles. The lowest BCUT2D eigenvalue weighted by Crippen LogP contribution is -2.00. The second-order valence-corrected chi connectivity index (χ2v) is 3.16. The zero-order chi connectivity index (χ0) is 10.7. The largest absolute Gasteiger partial charge is 0.496 e. The first kappa shape index (κ1) is 9.80. The highest BCUT2D eigenvalue weighted by Crippen LogP contribution is 2.29. The van der Waals surface area contributed by atoms with Crippen molar-refractivity contribution in [3.63, 3.8) is 0 Å². The smallest absolute Gasteiger partial charge is 0.140 e. The third-order valence-corrected chi connectivity index (χ3v) is 2.25. The van der Waals surface area contributed by atoms with Crippen LogP contribution < -0.4 is 4.74 Å². The summed E-state index contributed by atoms with van der Waals surface area (Å²) in [5, 5.41) is 10.0. The van der Waals surface area contributed by atoms with E-state index in [1.54, 1.807) is 19.2 Å². The van der Waals surface area contributed by atoms with Crippen molar-refractivity contribution in [2.75, 3.05) is 7.11 Å². The van der Waals surface area contributed by atoms with Gasteiger partial charge in [0, 0.05) is 5.56 Å². The fourth-order valence-corrected chi connectivity index (χ4v) is 1.49. The van der Waals surface area contributed by atoms with Crippen LogP contribution in [-0.4, -0.2) is 12.2 Å². The van der Waals surface area contributed by atoms with Crippen LogP contribution in [0.1, 0.15) is 17.4 Å². The van der Waals surface area contributed by atoms with E-state index in [2.05, 4.69) is 0 Å². The Bertz CT molecular complexity index is 420. The summed E-state index contributed by atoms with van der Waals surface area (Å²) in [6.45, 7) is 0. The van der Waals surface area contributed by atoms with Gasteiger partial charge in [-0.2, -0.15) is 0 Å². The molecular weight excluding hydrogens is 192 g/mol. The number of furan rings is 1. The number of aliphatic hydroxyl groups is 1. The number of methoxy groups -OCH3 is 1. The van der Waals surface area contributed by atoms with Crippen molar-refractivity contribution in [1.82, 2.24) is 0 Å². The average molecular weight is 204 g/mol. The van der Waals surface area contributed by atoms with E-state index in [1.165, 1.54) is 6.26 Å². The second-order valence-electron chi connectivity index (χ2n) is 3.16. The molecule has 0 aliphatic heterocycles. The van der Waals surface area contributed by atoms with Crippen LogP contribution in [0.3, 0.4) is 0 Å². The van der Waals surface area contributed by atoms with Gasteiger partial charge in [0.1, 0.15) is 17.6 Å². The van der Waals surface area contributed by atoms with Crippen molar-refractivity contribution in [2.24, 2.45) is 0 Å². The summed E-state index contributed by atoms with van der Waals surface area (Å²) in [5.41, 5.74) is 0.704. The van der Waals surface area contributed by atoms with Gasteiger partial charge >= 0.3 is 0 Å². The zero-order valence-electron chi connectivity index (χ0n) is 8.38. The van der Waals surface area contributed by atoms with Crippen LogP contribution in [0.5, 0.6) is 5.75 Å². The van der Waals surface area contributed by atoms with Crippen LogP contribution in [-0.2, 0) is 0 Å². The van der Waals surface area contributed by atoms with Crippen LogP contribution in [0.15, 0.2) is 47.1 Å². The Balaban J connectivity index is 2.37.